The van der Waals surface area contributed by atoms with E-state index in [1.54, 1.807) is 19.9 Å². The predicted octanol–water partition coefficient (Wildman–Crippen LogP) is 2.79. The highest BCUT2D eigenvalue weighted by molar-refractivity contribution is 9.10. The number of carbonyl (C=O) groups is 1. The molecule has 0 N–H and O–H groups in total. The lowest BCUT2D eigenvalue weighted by Gasteiger charge is -2.13. The molecular weight excluding hydrogens is 310 g/mol. The summed E-state index contributed by atoms with van der Waals surface area (Å²) in [5.41, 5.74) is 1.22. The van der Waals surface area contributed by atoms with Gasteiger partial charge in [-0.15, -0.1) is 0 Å². The molecule has 0 saturated carbocycles. The minimum Gasteiger partial charge on any atom is -0.462 e. The molecule has 0 saturated heterocycles. The predicted molar refractivity (Wildman–Crippen MR) is 77.6 cm³/mol. The Kier molecular flexibility index (Phi) is 3.75. The number of pyridine rings is 1. The Bertz CT molecular complexity index is 719. The summed E-state index contributed by atoms with van der Waals surface area (Å²) in [5, 5.41) is 0.505. The quantitative estimate of drug-likeness (QED) is 0.798. The second kappa shape index (κ2) is 5.17. The van der Waals surface area contributed by atoms with E-state index in [0.29, 0.717) is 11.1 Å². The Morgan fingerprint density at radius 2 is 2.11 bits per heavy atom. The molecule has 0 amide bonds. The van der Waals surface area contributed by atoms with E-state index in [9.17, 15) is 9.59 Å². The highest BCUT2D eigenvalue weighted by atomic mass is 79.9. The Morgan fingerprint density at radius 3 is 2.74 bits per heavy atom. The average Bonchev–Trinajstić information content (AvgIpc) is 2.36. The van der Waals surface area contributed by atoms with E-state index in [2.05, 4.69) is 15.9 Å². The van der Waals surface area contributed by atoms with Gasteiger partial charge in [-0.2, -0.15) is 0 Å². The molecule has 5 heteroatoms. The molecule has 2 rings (SSSR count). The summed E-state index contributed by atoms with van der Waals surface area (Å²) in [4.78, 5) is 24.4. The summed E-state index contributed by atoms with van der Waals surface area (Å²) in [5.74, 6) is -0.567. The Hall–Kier alpha value is -1.62. The van der Waals surface area contributed by atoms with Crippen LogP contribution in [0.15, 0.2) is 27.5 Å². The van der Waals surface area contributed by atoms with Gasteiger partial charge in [-0.1, -0.05) is 15.9 Å². The summed E-state index contributed by atoms with van der Waals surface area (Å²) in [6, 6.07) is 5.44. The number of hydrogen-bond donors (Lipinski definition) is 0. The van der Waals surface area contributed by atoms with Crippen LogP contribution in [0.3, 0.4) is 0 Å². The molecular formula is C14H14BrNO3. The zero-order valence-electron chi connectivity index (χ0n) is 11.0. The molecule has 0 aliphatic rings. The number of benzene rings is 1. The van der Waals surface area contributed by atoms with Crippen molar-refractivity contribution in [2.75, 3.05) is 6.61 Å². The van der Waals surface area contributed by atoms with Crippen LogP contribution in [0.5, 0.6) is 0 Å². The number of fused-ring (bicyclic) bond motifs is 1. The van der Waals surface area contributed by atoms with Gasteiger partial charge in [0.1, 0.15) is 5.56 Å². The normalized spacial score (nSPS) is 10.7. The fourth-order valence-electron chi connectivity index (χ4n) is 2.07. The zero-order chi connectivity index (χ0) is 14.2. The lowest BCUT2D eigenvalue weighted by Crippen LogP contribution is -2.23. The number of nitrogens with zero attached hydrogens (tertiary/aromatic N) is 1. The van der Waals surface area contributed by atoms with E-state index in [1.807, 2.05) is 23.7 Å². The second-order valence-corrected chi connectivity index (χ2v) is 5.15. The number of aryl methyl sites for hydroxylation is 1. The molecule has 2 aromatic rings. The number of esters is 1. The van der Waals surface area contributed by atoms with Crippen molar-refractivity contribution in [1.82, 2.24) is 4.57 Å². The first-order chi connectivity index (χ1) is 8.97. The lowest BCUT2D eigenvalue weighted by atomic mass is 10.1. The standard InChI is InChI=1S/C14H14BrNO3/c1-4-19-14(18)12-8(2)16(3)11-6-5-9(15)7-10(11)13(12)17/h5-7H,4H2,1-3H3. The largest absolute Gasteiger partial charge is 0.462 e. The number of carbonyl (C=O) groups excluding carboxylic acids is 1. The fraction of sp³-hybridized carbons (Fsp3) is 0.286. The highest BCUT2D eigenvalue weighted by Gasteiger charge is 2.19. The van der Waals surface area contributed by atoms with Crippen LogP contribution >= 0.6 is 15.9 Å². The molecule has 1 aromatic heterocycles. The minimum absolute atomic E-state index is 0.106. The van der Waals surface area contributed by atoms with E-state index >= 15 is 0 Å². The Labute approximate surface area is 119 Å². The molecule has 0 radical (unpaired) electrons. The van der Waals surface area contributed by atoms with Crippen molar-refractivity contribution in [3.63, 3.8) is 0 Å². The molecule has 19 heavy (non-hydrogen) atoms. The minimum atomic E-state index is -0.567. The SMILES string of the molecule is CCOC(=O)c1c(C)n(C)c2ccc(Br)cc2c1=O. The van der Waals surface area contributed by atoms with Crippen molar-refractivity contribution in [2.45, 2.75) is 13.8 Å². The third kappa shape index (κ3) is 2.30. The summed E-state index contributed by atoms with van der Waals surface area (Å²) < 4.78 is 7.59. The monoisotopic (exact) mass is 323 g/mol. The van der Waals surface area contributed by atoms with Gasteiger partial charge in [0, 0.05) is 22.6 Å². The van der Waals surface area contributed by atoms with Crippen LogP contribution in [-0.4, -0.2) is 17.1 Å². The maximum absolute atomic E-state index is 12.4. The topological polar surface area (TPSA) is 48.3 Å². The Balaban J connectivity index is 2.86. The van der Waals surface area contributed by atoms with E-state index < -0.39 is 5.97 Å². The van der Waals surface area contributed by atoms with Crippen LogP contribution in [0.1, 0.15) is 23.0 Å². The van der Waals surface area contributed by atoms with Crippen LogP contribution in [0, 0.1) is 6.92 Å². The summed E-state index contributed by atoms with van der Waals surface area (Å²) in [6.45, 7) is 3.71. The van der Waals surface area contributed by atoms with Crippen molar-refractivity contribution in [1.29, 1.82) is 0 Å². The molecule has 0 atom stereocenters. The smallest absolute Gasteiger partial charge is 0.343 e. The first-order valence-electron chi connectivity index (χ1n) is 5.93. The van der Waals surface area contributed by atoms with E-state index in [0.717, 1.165) is 9.99 Å². The van der Waals surface area contributed by atoms with Gasteiger partial charge in [0.15, 0.2) is 0 Å². The molecule has 0 aliphatic carbocycles. The van der Waals surface area contributed by atoms with Crippen LogP contribution in [0.4, 0.5) is 0 Å². The highest BCUT2D eigenvalue weighted by Crippen LogP contribution is 2.19. The van der Waals surface area contributed by atoms with Crippen molar-refractivity contribution >= 4 is 32.8 Å². The molecule has 0 bridgehead atoms. The van der Waals surface area contributed by atoms with E-state index in [-0.39, 0.29) is 17.6 Å². The summed E-state index contributed by atoms with van der Waals surface area (Å²) in [7, 11) is 1.83. The Morgan fingerprint density at radius 1 is 1.42 bits per heavy atom. The molecule has 4 nitrogen and oxygen atoms in total. The number of aromatic nitrogens is 1. The lowest BCUT2D eigenvalue weighted by molar-refractivity contribution is 0.0523. The number of ether oxygens (including phenoxy) is 1. The third-order valence-electron chi connectivity index (χ3n) is 3.14. The number of halogens is 1. The van der Waals surface area contributed by atoms with Crippen LogP contribution < -0.4 is 5.43 Å². The first-order valence-corrected chi connectivity index (χ1v) is 6.72. The van der Waals surface area contributed by atoms with Crippen LogP contribution in [0.25, 0.3) is 10.9 Å². The van der Waals surface area contributed by atoms with Crippen LogP contribution in [-0.2, 0) is 11.8 Å². The second-order valence-electron chi connectivity index (χ2n) is 4.23. The molecule has 0 aliphatic heterocycles. The van der Waals surface area contributed by atoms with Gasteiger partial charge >= 0.3 is 5.97 Å². The van der Waals surface area contributed by atoms with Gasteiger partial charge in [0.2, 0.25) is 5.43 Å². The third-order valence-corrected chi connectivity index (χ3v) is 3.63. The zero-order valence-corrected chi connectivity index (χ0v) is 12.6. The fourth-order valence-corrected chi connectivity index (χ4v) is 2.43. The van der Waals surface area contributed by atoms with Gasteiger partial charge in [0.25, 0.3) is 0 Å². The van der Waals surface area contributed by atoms with E-state index in [1.165, 1.54) is 0 Å². The molecule has 1 aromatic carbocycles. The van der Waals surface area contributed by atoms with Crippen molar-refractivity contribution in [2.24, 2.45) is 7.05 Å². The van der Waals surface area contributed by atoms with Gasteiger partial charge < -0.3 is 9.30 Å². The van der Waals surface area contributed by atoms with Crippen molar-refractivity contribution < 1.29 is 9.53 Å². The first kappa shape index (κ1) is 13.8. The summed E-state index contributed by atoms with van der Waals surface area (Å²) >= 11 is 3.34. The van der Waals surface area contributed by atoms with Gasteiger partial charge in [-0.3, -0.25) is 4.79 Å². The average molecular weight is 324 g/mol. The van der Waals surface area contributed by atoms with E-state index in [4.69, 9.17) is 4.74 Å². The molecule has 0 fully saturated rings. The van der Waals surface area contributed by atoms with Gasteiger partial charge in [0.05, 0.1) is 12.1 Å². The number of hydrogen-bond acceptors (Lipinski definition) is 3. The maximum atomic E-state index is 12.4. The molecule has 0 spiro atoms. The van der Waals surface area contributed by atoms with Crippen molar-refractivity contribution in [3.8, 4) is 0 Å². The molecule has 0 unspecified atom stereocenters. The summed E-state index contributed by atoms with van der Waals surface area (Å²) in [6.07, 6.45) is 0. The maximum Gasteiger partial charge on any atom is 0.343 e. The van der Waals surface area contributed by atoms with Crippen LogP contribution in [0.2, 0.25) is 0 Å². The van der Waals surface area contributed by atoms with Gasteiger partial charge in [-0.05, 0) is 32.0 Å². The number of rotatable bonds is 2. The van der Waals surface area contributed by atoms with Crippen molar-refractivity contribution in [3.05, 3.63) is 44.2 Å². The van der Waals surface area contributed by atoms with Gasteiger partial charge in [-0.25, -0.2) is 4.79 Å². The molecule has 100 valence electrons. The molecule has 1 heterocycles.